The van der Waals surface area contributed by atoms with Gasteiger partial charge in [-0.3, -0.25) is 14.4 Å². The van der Waals surface area contributed by atoms with Crippen molar-refractivity contribution >= 4 is 17.9 Å². The summed E-state index contributed by atoms with van der Waals surface area (Å²) in [5.41, 5.74) is 0. The predicted molar refractivity (Wildman–Crippen MR) is 251 cm³/mol. The average Bonchev–Trinajstić information content (AvgIpc) is 3.23. The Morgan fingerprint density at radius 2 is 0.661 bits per heavy atom. The van der Waals surface area contributed by atoms with Gasteiger partial charge in [-0.25, -0.2) is 0 Å². The van der Waals surface area contributed by atoms with Gasteiger partial charge in [-0.15, -0.1) is 0 Å². The molecule has 0 heterocycles. The van der Waals surface area contributed by atoms with Crippen LogP contribution in [-0.2, 0) is 28.6 Å². The van der Waals surface area contributed by atoms with E-state index in [1.165, 1.54) is 64.2 Å². The van der Waals surface area contributed by atoms with Crippen molar-refractivity contribution in [1.82, 2.24) is 0 Å². The van der Waals surface area contributed by atoms with Gasteiger partial charge in [0.15, 0.2) is 6.10 Å². The van der Waals surface area contributed by atoms with Gasteiger partial charge in [0.2, 0.25) is 0 Å². The lowest BCUT2D eigenvalue weighted by atomic mass is 10.1. The first-order valence-corrected chi connectivity index (χ1v) is 24.1. The van der Waals surface area contributed by atoms with Gasteiger partial charge < -0.3 is 14.2 Å². The van der Waals surface area contributed by atoms with Gasteiger partial charge in [0.25, 0.3) is 0 Å². The average molecular weight is 821 g/mol. The minimum atomic E-state index is -0.794. The second-order valence-corrected chi connectivity index (χ2v) is 15.6. The number of esters is 3. The van der Waals surface area contributed by atoms with Gasteiger partial charge in [-0.05, 0) is 96.3 Å². The van der Waals surface area contributed by atoms with E-state index in [9.17, 15) is 14.4 Å². The van der Waals surface area contributed by atoms with Crippen molar-refractivity contribution in [2.75, 3.05) is 13.2 Å². The monoisotopic (exact) mass is 821 g/mol. The molecule has 0 spiro atoms. The van der Waals surface area contributed by atoms with Crippen molar-refractivity contribution in [1.29, 1.82) is 0 Å². The van der Waals surface area contributed by atoms with E-state index < -0.39 is 6.10 Å². The summed E-state index contributed by atoms with van der Waals surface area (Å²) in [6, 6.07) is 0. The summed E-state index contributed by atoms with van der Waals surface area (Å²) in [7, 11) is 0. The summed E-state index contributed by atoms with van der Waals surface area (Å²) in [5.74, 6) is -0.964. The molecule has 1 unspecified atom stereocenters. The molecule has 0 aromatic carbocycles. The zero-order chi connectivity index (χ0) is 43.0. The second-order valence-electron chi connectivity index (χ2n) is 15.6. The van der Waals surface area contributed by atoms with Gasteiger partial charge >= 0.3 is 17.9 Å². The maximum atomic E-state index is 12.7. The fraction of sp³-hybridized carbons (Fsp3) is 0.679. The topological polar surface area (TPSA) is 78.9 Å². The Balaban J connectivity index is 4.34. The van der Waals surface area contributed by atoms with E-state index in [2.05, 4.69) is 106 Å². The number of carbonyl (C=O) groups excluding carboxylic acids is 3. The molecule has 6 heteroatoms. The highest BCUT2D eigenvalue weighted by atomic mass is 16.6. The van der Waals surface area contributed by atoms with Crippen molar-refractivity contribution in [3.63, 3.8) is 0 Å². The molecular formula is C53H88O6. The first-order chi connectivity index (χ1) is 29.0. The molecule has 0 aliphatic rings. The quantitative estimate of drug-likeness (QED) is 0.0264. The molecule has 0 amide bonds. The molecule has 0 aromatic heterocycles. The number of hydrogen-bond donors (Lipinski definition) is 0. The maximum absolute atomic E-state index is 12.7. The largest absolute Gasteiger partial charge is 0.462 e. The van der Waals surface area contributed by atoms with Crippen LogP contribution in [0, 0.1) is 0 Å². The van der Waals surface area contributed by atoms with E-state index in [1.807, 2.05) is 0 Å². The van der Waals surface area contributed by atoms with Crippen molar-refractivity contribution < 1.29 is 28.6 Å². The lowest BCUT2D eigenvalue weighted by Gasteiger charge is -2.18. The minimum Gasteiger partial charge on any atom is -0.462 e. The number of carbonyl (C=O) groups is 3. The molecule has 0 aliphatic carbocycles. The van der Waals surface area contributed by atoms with Crippen LogP contribution in [0.2, 0.25) is 0 Å². The Morgan fingerprint density at radius 3 is 1.08 bits per heavy atom. The third kappa shape index (κ3) is 45.5. The van der Waals surface area contributed by atoms with Crippen LogP contribution in [0.3, 0.4) is 0 Å². The molecule has 0 aromatic rings. The third-order valence-electron chi connectivity index (χ3n) is 9.88. The molecule has 0 saturated heterocycles. The molecule has 0 saturated carbocycles. The van der Waals surface area contributed by atoms with E-state index in [-0.39, 0.29) is 31.1 Å². The zero-order valence-corrected chi connectivity index (χ0v) is 38.2. The summed E-state index contributed by atoms with van der Waals surface area (Å²) in [6.45, 7) is 6.39. The Kier molecular flexibility index (Phi) is 44.5. The van der Waals surface area contributed by atoms with E-state index in [1.54, 1.807) is 0 Å². The highest BCUT2D eigenvalue weighted by molar-refractivity contribution is 5.71. The van der Waals surface area contributed by atoms with Crippen LogP contribution in [-0.4, -0.2) is 37.2 Å². The maximum Gasteiger partial charge on any atom is 0.306 e. The van der Waals surface area contributed by atoms with Gasteiger partial charge in [0, 0.05) is 19.3 Å². The fourth-order valence-electron chi connectivity index (χ4n) is 6.26. The van der Waals surface area contributed by atoms with Gasteiger partial charge in [-0.2, -0.15) is 0 Å². The smallest absolute Gasteiger partial charge is 0.306 e. The van der Waals surface area contributed by atoms with Crippen LogP contribution >= 0.6 is 0 Å². The number of unbranched alkanes of at least 4 members (excludes halogenated alkanes) is 17. The zero-order valence-electron chi connectivity index (χ0n) is 38.2. The van der Waals surface area contributed by atoms with Gasteiger partial charge in [-0.1, -0.05) is 183 Å². The van der Waals surface area contributed by atoms with E-state index in [0.717, 1.165) is 109 Å². The number of hydrogen-bond acceptors (Lipinski definition) is 6. The Morgan fingerprint density at radius 1 is 0.356 bits per heavy atom. The van der Waals surface area contributed by atoms with Crippen LogP contribution in [0.1, 0.15) is 213 Å². The highest BCUT2D eigenvalue weighted by Gasteiger charge is 2.19. The van der Waals surface area contributed by atoms with Crippen molar-refractivity contribution in [3.8, 4) is 0 Å². The van der Waals surface area contributed by atoms with Crippen LogP contribution in [0.4, 0.5) is 0 Å². The lowest BCUT2D eigenvalue weighted by Crippen LogP contribution is -2.30. The number of allylic oxidation sites excluding steroid dienone is 14. The van der Waals surface area contributed by atoms with Crippen LogP contribution in [0.25, 0.3) is 0 Å². The fourth-order valence-corrected chi connectivity index (χ4v) is 6.26. The number of ether oxygens (including phenoxy) is 3. The number of rotatable bonds is 42. The Bertz CT molecular complexity index is 1170. The highest BCUT2D eigenvalue weighted by Crippen LogP contribution is 2.12. The molecule has 1 atom stereocenters. The Labute approximate surface area is 363 Å². The molecule has 0 fully saturated rings. The molecule has 0 rings (SSSR count). The van der Waals surface area contributed by atoms with Crippen molar-refractivity contribution in [2.45, 2.75) is 219 Å². The van der Waals surface area contributed by atoms with E-state index in [4.69, 9.17) is 14.2 Å². The lowest BCUT2D eigenvalue weighted by molar-refractivity contribution is -0.167. The Hall–Kier alpha value is -3.41. The van der Waals surface area contributed by atoms with Crippen LogP contribution in [0.5, 0.6) is 0 Å². The van der Waals surface area contributed by atoms with Crippen LogP contribution in [0.15, 0.2) is 85.1 Å². The normalized spacial score (nSPS) is 12.8. The van der Waals surface area contributed by atoms with Gasteiger partial charge in [0.1, 0.15) is 13.2 Å². The summed E-state index contributed by atoms with van der Waals surface area (Å²) in [4.78, 5) is 37.6. The third-order valence-corrected chi connectivity index (χ3v) is 9.88. The minimum absolute atomic E-state index is 0.0946. The molecule has 6 nitrogen and oxygen atoms in total. The van der Waals surface area contributed by atoms with Crippen LogP contribution < -0.4 is 0 Å². The molecule has 336 valence electrons. The molecule has 0 aliphatic heterocycles. The van der Waals surface area contributed by atoms with E-state index >= 15 is 0 Å². The molecule has 0 radical (unpaired) electrons. The molecule has 0 bridgehead atoms. The summed E-state index contributed by atoms with van der Waals surface area (Å²) < 4.78 is 16.6. The summed E-state index contributed by atoms with van der Waals surface area (Å²) >= 11 is 0. The van der Waals surface area contributed by atoms with E-state index in [0.29, 0.717) is 19.3 Å². The van der Waals surface area contributed by atoms with Gasteiger partial charge in [0.05, 0.1) is 0 Å². The first kappa shape index (κ1) is 55.6. The van der Waals surface area contributed by atoms with Crippen molar-refractivity contribution in [2.24, 2.45) is 0 Å². The SMILES string of the molecule is CC/C=C\C/C=C\C/C=C\C/C=C\C/C=C\C/C=C\CCCCC(=O)OCC(COC(=O)CCCCCCCC)OC(=O)CCCCCCC/C=C\CCCCCCC. The summed E-state index contributed by atoms with van der Waals surface area (Å²) in [5, 5.41) is 0. The molecular weight excluding hydrogens is 733 g/mol. The van der Waals surface area contributed by atoms with Crippen molar-refractivity contribution in [3.05, 3.63) is 85.1 Å². The molecule has 0 N–H and O–H groups in total. The second kappa shape index (κ2) is 47.3. The predicted octanol–water partition coefficient (Wildman–Crippen LogP) is 15.6. The first-order valence-electron chi connectivity index (χ1n) is 24.1. The summed E-state index contributed by atoms with van der Waals surface area (Å²) in [6.07, 6.45) is 60.2. The molecule has 59 heavy (non-hydrogen) atoms. The standard InChI is InChI=1S/C53H88O6/c1-4-7-10-13-16-18-20-22-24-25-26-27-28-29-30-32-33-35-37-40-43-46-52(55)58-49-50(48-57-51(54)45-42-39-15-12-9-6-3)59-53(56)47-44-41-38-36-34-31-23-21-19-17-14-11-8-5-2/h7,10,16,18,21-24,26-27,29-30,33,35,50H,4-6,8-9,11-15,17,19-20,25,28,31-32,34,36-49H2,1-3H3/b10-7-,18-16-,23-21-,24-22-,27-26-,30-29-,35-33-.